The van der Waals surface area contributed by atoms with Gasteiger partial charge < -0.3 is 10.4 Å². The summed E-state index contributed by atoms with van der Waals surface area (Å²) in [5, 5.41) is 11.4. The molecule has 0 bridgehead atoms. The summed E-state index contributed by atoms with van der Waals surface area (Å²) in [7, 11) is 0. The molecule has 0 unspecified atom stereocenters. The highest BCUT2D eigenvalue weighted by Gasteiger charge is 2.23. The quantitative estimate of drug-likeness (QED) is 0.661. The summed E-state index contributed by atoms with van der Waals surface area (Å²) >= 11 is 0. The van der Waals surface area contributed by atoms with Crippen LogP contribution in [0.4, 0.5) is 0 Å². The first-order valence-electron chi connectivity index (χ1n) is 3.83. The minimum Gasteiger partial charge on any atom is -0.478 e. The lowest BCUT2D eigenvalue weighted by molar-refractivity contribution is 0.0695. The second-order valence-electron chi connectivity index (χ2n) is 2.82. The van der Waals surface area contributed by atoms with Crippen molar-refractivity contribution >= 4 is 11.9 Å². The average molecular weight is 177 g/mol. The Hall–Kier alpha value is -1.84. The number of carbonyl (C=O) groups is 2. The zero-order valence-corrected chi connectivity index (χ0v) is 6.70. The zero-order valence-electron chi connectivity index (χ0n) is 6.70. The van der Waals surface area contributed by atoms with Crippen LogP contribution in [0.5, 0.6) is 0 Å². The van der Waals surface area contributed by atoms with E-state index in [1.54, 1.807) is 12.1 Å². The minimum atomic E-state index is -0.992. The van der Waals surface area contributed by atoms with E-state index < -0.39 is 5.97 Å². The van der Waals surface area contributed by atoms with Gasteiger partial charge in [0.15, 0.2) is 0 Å². The lowest BCUT2D eigenvalue weighted by Crippen LogP contribution is -2.12. The van der Waals surface area contributed by atoms with Crippen molar-refractivity contribution in [3.05, 3.63) is 34.9 Å². The third-order valence-corrected chi connectivity index (χ3v) is 2.08. The van der Waals surface area contributed by atoms with E-state index in [4.69, 9.17) is 5.11 Å². The van der Waals surface area contributed by atoms with Crippen molar-refractivity contribution in [1.29, 1.82) is 0 Å². The van der Waals surface area contributed by atoms with E-state index in [0.717, 1.165) is 0 Å². The van der Waals surface area contributed by atoms with Gasteiger partial charge in [-0.25, -0.2) is 4.79 Å². The SMILES string of the molecule is O=C(O)c1cccc2c1CNC2=O. The molecule has 13 heavy (non-hydrogen) atoms. The Labute approximate surface area is 74.2 Å². The predicted octanol–water partition coefficient (Wildman–Crippen LogP) is 0.628. The van der Waals surface area contributed by atoms with E-state index >= 15 is 0 Å². The molecule has 1 aromatic carbocycles. The number of aromatic carboxylic acids is 1. The van der Waals surface area contributed by atoms with Gasteiger partial charge >= 0.3 is 5.97 Å². The normalized spacial score (nSPS) is 13.7. The van der Waals surface area contributed by atoms with E-state index in [1.165, 1.54) is 6.07 Å². The van der Waals surface area contributed by atoms with Gasteiger partial charge in [-0.05, 0) is 17.7 Å². The third kappa shape index (κ3) is 1.07. The lowest BCUT2D eigenvalue weighted by Gasteiger charge is -1.99. The molecule has 1 amide bonds. The second kappa shape index (κ2) is 2.58. The maximum atomic E-state index is 11.1. The van der Waals surface area contributed by atoms with E-state index in [1.807, 2.05) is 0 Å². The number of fused-ring (bicyclic) bond motifs is 1. The minimum absolute atomic E-state index is 0.196. The summed E-state index contributed by atoms with van der Waals surface area (Å²) in [5.41, 5.74) is 1.26. The molecule has 0 radical (unpaired) electrons. The van der Waals surface area contributed by atoms with E-state index in [0.29, 0.717) is 17.7 Å². The molecule has 0 aromatic heterocycles. The summed E-state index contributed by atoms with van der Waals surface area (Å²) in [6.07, 6.45) is 0. The molecule has 0 saturated carbocycles. The van der Waals surface area contributed by atoms with Crippen LogP contribution in [0.2, 0.25) is 0 Å². The summed E-state index contributed by atoms with van der Waals surface area (Å²) in [5.74, 6) is -1.19. The van der Waals surface area contributed by atoms with Gasteiger partial charge in [0.2, 0.25) is 0 Å². The fourth-order valence-electron chi connectivity index (χ4n) is 1.45. The molecule has 4 heteroatoms. The number of carboxylic acid groups (broad SMARTS) is 1. The topological polar surface area (TPSA) is 66.4 Å². The molecule has 2 rings (SSSR count). The van der Waals surface area contributed by atoms with Crippen LogP contribution in [0.15, 0.2) is 18.2 Å². The largest absolute Gasteiger partial charge is 0.478 e. The van der Waals surface area contributed by atoms with Gasteiger partial charge in [0.25, 0.3) is 5.91 Å². The molecule has 4 nitrogen and oxygen atoms in total. The van der Waals surface area contributed by atoms with Crippen molar-refractivity contribution in [1.82, 2.24) is 5.32 Å². The van der Waals surface area contributed by atoms with Crippen LogP contribution < -0.4 is 5.32 Å². The Morgan fingerprint density at radius 3 is 2.92 bits per heavy atom. The maximum absolute atomic E-state index is 11.1. The Kier molecular flexibility index (Phi) is 1.55. The van der Waals surface area contributed by atoms with Crippen molar-refractivity contribution in [2.75, 3.05) is 0 Å². The zero-order chi connectivity index (χ0) is 9.42. The maximum Gasteiger partial charge on any atom is 0.336 e. The number of amides is 1. The van der Waals surface area contributed by atoms with Gasteiger partial charge in [0.1, 0.15) is 0 Å². The number of hydrogen-bond donors (Lipinski definition) is 2. The van der Waals surface area contributed by atoms with Crippen molar-refractivity contribution < 1.29 is 14.7 Å². The molecule has 1 heterocycles. The molecule has 0 saturated heterocycles. The molecule has 2 N–H and O–H groups in total. The number of hydrogen-bond acceptors (Lipinski definition) is 2. The van der Waals surface area contributed by atoms with E-state index in [2.05, 4.69) is 5.32 Å². The molecule has 66 valence electrons. The molecule has 1 aliphatic heterocycles. The molecule has 1 aromatic rings. The van der Waals surface area contributed by atoms with Gasteiger partial charge in [-0.2, -0.15) is 0 Å². The van der Waals surface area contributed by atoms with Crippen molar-refractivity contribution in [2.24, 2.45) is 0 Å². The number of carbonyl (C=O) groups excluding carboxylic acids is 1. The first-order chi connectivity index (χ1) is 6.20. The number of benzene rings is 1. The van der Waals surface area contributed by atoms with Gasteiger partial charge in [-0.3, -0.25) is 4.79 Å². The van der Waals surface area contributed by atoms with Crippen molar-refractivity contribution in [2.45, 2.75) is 6.54 Å². The second-order valence-corrected chi connectivity index (χ2v) is 2.82. The highest BCUT2D eigenvalue weighted by Crippen LogP contribution is 2.19. The lowest BCUT2D eigenvalue weighted by atomic mass is 10.0. The summed E-state index contributed by atoms with van der Waals surface area (Å²) in [6, 6.07) is 4.71. The van der Waals surface area contributed by atoms with Crippen LogP contribution in [-0.2, 0) is 6.54 Å². The highest BCUT2D eigenvalue weighted by molar-refractivity contribution is 6.02. The molecule has 1 aliphatic rings. The van der Waals surface area contributed by atoms with Crippen LogP contribution >= 0.6 is 0 Å². The fourth-order valence-corrected chi connectivity index (χ4v) is 1.45. The Morgan fingerprint density at radius 1 is 1.46 bits per heavy atom. The van der Waals surface area contributed by atoms with Gasteiger partial charge in [0, 0.05) is 12.1 Å². The fraction of sp³-hybridized carbons (Fsp3) is 0.111. The molecule has 0 fully saturated rings. The Balaban J connectivity index is 2.63. The first-order valence-corrected chi connectivity index (χ1v) is 3.83. The number of nitrogens with one attached hydrogen (secondary N) is 1. The first kappa shape index (κ1) is 7.79. The monoisotopic (exact) mass is 177 g/mol. The molecule has 0 atom stereocenters. The molecule has 0 aliphatic carbocycles. The summed E-state index contributed by atoms with van der Waals surface area (Å²) in [6.45, 7) is 0.316. The highest BCUT2D eigenvalue weighted by atomic mass is 16.4. The van der Waals surface area contributed by atoms with Crippen LogP contribution in [0, 0.1) is 0 Å². The Morgan fingerprint density at radius 2 is 2.23 bits per heavy atom. The summed E-state index contributed by atoms with van der Waals surface area (Å²) < 4.78 is 0. The number of rotatable bonds is 1. The Bertz CT molecular complexity index is 398. The van der Waals surface area contributed by atoms with Gasteiger partial charge in [0.05, 0.1) is 5.56 Å². The van der Waals surface area contributed by atoms with E-state index in [-0.39, 0.29) is 11.5 Å². The molecular weight excluding hydrogens is 170 g/mol. The van der Waals surface area contributed by atoms with Crippen LogP contribution in [0.1, 0.15) is 26.3 Å². The standard InChI is InChI=1S/C9H7NO3/c11-8-5-2-1-3-6(9(12)13)7(5)4-10-8/h1-3H,4H2,(H,10,11)(H,12,13). The van der Waals surface area contributed by atoms with Gasteiger partial charge in [-0.1, -0.05) is 6.07 Å². The third-order valence-electron chi connectivity index (χ3n) is 2.08. The van der Waals surface area contributed by atoms with Crippen molar-refractivity contribution in [3.8, 4) is 0 Å². The number of carboxylic acids is 1. The predicted molar refractivity (Wildman–Crippen MR) is 44.6 cm³/mol. The average Bonchev–Trinajstić information content (AvgIpc) is 2.48. The van der Waals surface area contributed by atoms with Crippen LogP contribution in [0.3, 0.4) is 0 Å². The molecule has 0 spiro atoms. The van der Waals surface area contributed by atoms with Gasteiger partial charge in [-0.15, -0.1) is 0 Å². The van der Waals surface area contributed by atoms with Crippen molar-refractivity contribution in [3.63, 3.8) is 0 Å². The summed E-state index contributed by atoms with van der Waals surface area (Å²) in [4.78, 5) is 21.9. The smallest absolute Gasteiger partial charge is 0.336 e. The van der Waals surface area contributed by atoms with Crippen LogP contribution in [0.25, 0.3) is 0 Å². The molecular formula is C9H7NO3. The van der Waals surface area contributed by atoms with E-state index in [9.17, 15) is 9.59 Å². The van der Waals surface area contributed by atoms with Crippen LogP contribution in [-0.4, -0.2) is 17.0 Å².